The van der Waals surface area contributed by atoms with E-state index < -0.39 is 15.0 Å². The third-order valence-corrected chi connectivity index (χ3v) is 0.626. The molecular formula is C2H4O5P+. The van der Waals surface area contributed by atoms with Crippen LogP contribution in [0.5, 0.6) is 0 Å². The minimum absolute atomic E-state index is 0.124. The maximum absolute atomic E-state index is 9.60. The second kappa shape index (κ2) is 4.64. The van der Waals surface area contributed by atoms with Gasteiger partial charge in [-0.15, -0.1) is 4.89 Å². The monoisotopic (exact) mass is 139 g/mol. The van der Waals surface area contributed by atoms with Crippen LogP contribution in [0.15, 0.2) is 0 Å². The van der Waals surface area contributed by atoms with E-state index in [9.17, 15) is 9.36 Å². The molecule has 0 bridgehead atoms. The Balaban J connectivity index is 2.93. The van der Waals surface area contributed by atoms with Crippen LogP contribution < -0.4 is 0 Å². The Morgan fingerprint density at radius 2 is 2.38 bits per heavy atom. The van der Waals surface area contributed by atoms with Crippen molar-refractivity contribution >= 4 is 14.7 Å². The summed E-state index contributed by atoms with van der Waals surface area (Å²) in [5.41, 5.74) is 0. The smallest absolute Gasteiger partial charge is 0.436 e. The van der Waals surface area contributed by atoms with E-state index in [1.165, 1.54) is 0 Å². The van der Waals surface area contributed by atoms with Gasteiger partial charge in [0, 0.05) is 4.57 Å². The summed E-state index contributed by atoms with van der Waals surface area (Å²) in [7, 11) is -2.65. The highest BCUT2D eigenvalue weighted by Crippen LogP contribution is 2.12. The van der Waals surface area contributed by atoms with E-state index >= 15 is 0 Å². The molecule has 0 fully saturated rings. The molecule has 0 aliphatic heterocycles. The van der Waals surface area contributed by atoms with Crippen LogP contribution in [0, 0.1) is 0 Å². The van der Waals surface area contributed by atoms with Crippen molar-refractivity contribution < 1.29 is 23.5 Å². The SMILES string of the molecule is O=COCO[P+](=O)O. The molecule has 0 aromatic rings. The van der Waals surface area contributed by atoms with Gasteiger partial charge in [-0.2, -0.15) is 0 Å². The van der Waals surface area contributed by atoms with Gasteiger partial charge in [0.05, 0.1) is 0 Å². The third kappa shape index (κ3) is 5.49. The van der Waals surface area contributed by atoms with Crippen molar-refractivity contribution in [1.82, 2.24) is 0 Å². The second-order valence-corrected chi connectivity index (χ2v) is 1.48. The van der Waals surface area contributed by atoms with Crippen LogP contribution in [0.1, 0.15) is 0 Å². The van der Waals surface area contributed by atoms with Crippen molar-refractivity contribution in [3.05, 3.63) is 0 Å². The molecule has 0 saturated heterocycles. The van der Waals surface area contributed by atoms with Crippen molar-refractivity contribution in [3.63, 3.8) is 0 Å². The second-order valence-electron chi connectivity index (χ2n) is 0.748. The standard InChI is InChI=1S/C2H3O5P/c3-1-6-2-7-8(4)5/h1H,2H2/p+1. The first-order chi connectivity index (χ1) is 3.77. The fourth-order valence-electron chi connectivity index (χ4n) is 0.103. The predicted molar refractivity (Wildman–Crippen MR) is 22.9 cm³/mol. The summed E-state index contributed by atoms with van der Waals surface area (Å²) >= 11 is 0. The van der Waals surface area contributed by atoms with Gasteiger partial charge in [0.2, 0.25) is 6.79 Å². The Kier molecular flexibility index (Phi) is 4.35. The highest BCUT2D eigenvalue weighted by atomic mass is 31.1. The van der Waals surface area contributed by atoms with Crippen LogP contribution >= 0.6 is 8.25 Å². The largest absolute Gasteiger partial charge is 0.698 e. The first-order valence-corrected chi connectivity index (χ1v) is 2.74. The number of hydrogen-bond donors (Lipinski definition) is 1. The number of rotatable bonds is 4. The molecule has 1 unspecified atom stereocenters. The Bertz CT molecular complexity index is 90.4. The van der Waals surface area contributed by atoms with Crippen LogP contribution in [-0.2, 0) is 18.6 Å². The first kappa shape index (κ1) is 7.49. The minimum Gasteiger partial charge on any atom is -0.436 e. The van der Waals surface area contributed by atoms with Crippen LogP contribution in [0.2, 0.25) is 0 Å². The lowest BCUT2D eigenvalue weighted by atomic mass is 11.4. The van der Waals surface area contributed by atoms with E-state index in [-0.39, 0.29) is 6.47 Å². The average molecular weight is 139 g/mol. The molecule has 1 N–H and O–H groups in total. The van der Waals surface area contributed by atoms with E-state index in [0.29, 0.717) is 0 Å². The Hall–Kier alpha value is -0.510. The topological polar surface area (TPSA) is 72.8 Å². The molecule has 5 nitrogen and oxygen atoms in total. The molecule has 0 saturated carbocycles. The van der Waals surface area contributed by atoms with Crippen LogP contribution in [-0.4, -0.2) is 18.2 Å². The summed E-state index contributed by atoms with van der Waals surface area (Å²) < 4.78 is 17.4. The van der Waals surface area contributed by atoms with Gasteiger partial charge >= 0.3 is 8.25 Å². The Morgan fingerprint density at radius 3 is 2.75 bits per heavy atom. The number of carbonyl (C=O) groups is 1. The van der Waals surface area contributed by atoms with E-state index in [0.717, 1.165) is 0 Å². The van der Waals surface area contributed by atoms with Crippen molar-refractivity contribution in [2.24, 2.45) is 0 Å². The van der Waals surface area contributed by atoms with Gasteiger partial charge < -0.3 is 4.74 Å². The molecule has 0 aromatic carbocycles. The third-order valence-electron chi connectivity index (χ3n) is 0.299. The maximum Gasteiger partial charge on any atom is 0.698 e. The molecule has 46 valence electrons. The van der Waals surface area contributed by atoms with Crippen molar-refractivity contribution in [2.75, 3.05) is 6.79 Å². The van der Waals surface area contributed by atoms with Gasteiger partial charge in [0.15, 0.2) is 0 Å². The first-order valence-electron chi connectivity index (χ1n) is 1.61. The molecule has 0 amide bonds. The lowest BCUT2D eigenvalue weighted by Gasteiger charge is -1.82. The zero-order chi connectivity index (χ0) is 6.41. The number of carbonyl (C=O) groups excluding carboxylic acids is 1. The van der Waals surface area contributed by atoms with E-state index in [1.807, 2.05) is 0 Å². The molecule has 1 atom stereocenters. The van der Waals surface area contributed by atoms with E-state index in [1.54, 1.807) is 0 Å². The summed E-state index contributed by atoms with van der Waals surface area (Å²) in [4.78, 5) is 17.2. The lowest BCUT2D eigenvalue weighted by Crippen LogP contribution is -1.90. The summed E-state index contributed by atoms with van der Waals surface area (Å²) in [6.45, 7) is -0.353. The molecular weight excluding hydrogens is 135 g/mol. The van der Waals surface area contributed by atoms with Gasteiger partial charge in [0.1, 0.15) is 0 Å². The number of ether oxygens (including phenoxy) is 1. The highest BCUT2D eigenvalue weighted by Gasteiger charge is 2.10. The molecule has 0 heterocycles. The van der Waals surface area contributed by atoms with Crippen molar-refractivity contribution in [3.8, 4) is 0 Å². The fraction of sp³-hybridized carbons (Fsp3) is 0.500. The van der Waals surface area contributed by atoms with Gasteiger partial charge in [-0.3, -0.25) is 4.79 Å². The highest BCUT2D eigenvalue weighted by molar-refractivity contribution is 7.32. The average Bonchev–Trinajstić information content (AvgIpc) is 1.66. The van der Waals surface area contributed by atoms with E-state index in [4.69, 9.17) is 4.89 Å². The van der Waals surface area contributed by atoms with Gasteiger partial charge in [-0.25, -0.2) is 0 Å². The molecule has 8 heavy (non-hydrogen) atoms. The van der Waals surface area contributed by atoms with Crippen molar-refractivity contribution in [2.45, 2.75) is 0 Å². The molecule has 6 heteroatoms. The predicted octanol–water partition coefficient (Wildman–Crippen LogP) is -0.217. The molecule has 0 aliphatic rings. The van der Waals surface area contributed by atoms with Gasteiger partial charge in [-0.05, 0) is 0 Å². The number of hydrogen-bond acceptors (Lipinski definition) is 4. The normalized spacial score (nSPS) is 10.4. The molecule has 0 rings (SSSR count). The molecule has 0 radical (unpaired) electrons. The summed E-state index contributed by atoms with van der Waals surface area (Å²) in [5.74, 6) is 0. The summed E-state index contributed by atoms with van der Waals surface area (Å²) in [6, 6.07) is 0. The van der Waals surface area contributed by atoms with Gasteiger partial charge in [0.25, 0.3) is 6.47 Å². The quantitative estimate of drug-likeness (QED) is 0.252. The van der Waals surface area contributed by atoms with Crippen molar-refractivity contribution in [1.29, 1.82) is 0 Å². The Labute approximate surface area is 46.2 Å². The zero-order valence-corrected chi connectivity index (χ0v) is 4.71. The Morgan fingerprint density at radius 1 is 1.75 bits per heavy atom. The zero-order valence-electron chi connectivity index (χ0n) is 3.81. The van der Waals surface area contributed by atoms with Crippen LogP contribution in [0.4, 0.5) is 0 Å². The molecule has 0 aromatic heterocycles. The fourth-order valence-corrected chi connectivity index (χ4v) is 0.254. The lowest BCUT2D eigenvalue weighted by molar-refractivity contribution is -0.134. The summed E-state index contributed by atoms with van der Waals surface area (Å²) in [5, 5.41) is 0. The van der Waals surface area contributed by atoms with Crippen LogP contribution in [0.25, 0.3) is 0 Å². The van der Waals surface area contributed by atoms with Crippen LogP contribution in [0.3, 0.4) is 0 Å². The summed E-state index contributed by atoms with van der Waals surface area (Å²) in [6.07, 6.45) is 0. The van der Waals surface area contributed by atoms with Gasteiger partial charge in [-0.1, -0.05) is 4.52 Å². The molecule has 0 aliphatic carbocycles. The molecule has 0 spiro atoms. The minimum atomic E-state index is -2.65. The van der Waals surface area contributed by atoms with E-state index in [2.05, 4.69) is 9.26 Å². The maximum atomic E-state index is 9.60.